The highest BCUT2D eigenvalue weighted by Gasteiger charge is 2.46. The van der Waals surface area contributed by atoms with Gasteiger partial charge in [-0.3, -0.25) is 9.59 Å². The average molecular weight is 458 g/mol. The Morgan fingerprint density at radius 1 is 1.19 bits per heavy atom. The second kappa shape index (κ2) is 8.74. The Morgan fingerprint density at radius 3 is 2.59 bits per heavy atom. The number of methoxy groups -OCH3 is 1. The highest BCUT2D eigenvalue weighted by atomic mass is 35.5. The third-order valence-corrected chi connectivity index (χ3v) is 5.81. The minimum atomic E-state index is -0.783. The highest BCUT2D eigenvalue weighted by molar-refractivity contribution is 6.46. The molecule has 2 aromatic rings. The monoisotopic (exact) mass is 457 g/mol. The number of carbonyl (C=O) groups is 2. The van der Waals surface area contributed by atoms with E-state index >= 15 is 0 Å². The van der Waals surface area contributed by atoms with Crippen LogP contribution in [0.15, 0.2) is 35.9 Å². The molecular formula is C24H24ClNO6. The maximum Gasteiger partial charge on any atom is 0.295 e. The first kappa shape index (κ1) is 22.0. The van der Waals surface area contributed by atoms with Crippen molar-refractivity contribution in [3.8, 4) is 17.2 Å². The summed E-state index contributed by atoms with van der Waals surface area (Å²) < 4.78 is 16.7. The van der Waals surface area contributed by atoms with Crippen LogP contribution in [0, 0.1) is 6.92 Å². The van der Waals surface area contributed by atoms with E-state index in [1.807, 2.05) is 13.8 Å². The number of likely N-dealkylation sites (tertiary alicyclic amines) is 1. The van der Waals surface area contributed by atoms with Crippen molar-refractivity contribution < 1.29 is 28.9 Å². The molecule has 2 heterocycles. The minimum absolute atomic E-state index is 0.0138. The molecular weight excluding hydrogens is 434 g/mol. The van der Waals surface area contributed by atoms with Gasteiger partial charge in [-0.1, -0.05) is 24.6 Å². The standard InChI is InChI=1S/C24H24ClNO6/c1-4-7-26-20(14-5-6-17-18(12-14)32-9-8-31-17)19(22(28)24(26)29)21(27)15-10-13(2)11-16(25)23(15)30-3/h5-6,10-12,20,27H,4,7-9H2,1-3H3/b21-19+. The van der Waals surface area contributed by atoms with Gasteiger partial charge in [-0.25, -0.2) is 0 Å². The molecule has 4 rings (SSSR count). The van der Waals surface area contributed by atoms with Crippen molar-refractivity contribution in [1.29, 1.82) is 0 Å². The number of nitrogens with zero attached hydrogens (tertiary/aromatic N) is 1. The minimum Gasteiger partial charge on any atom is -0.507 e. The van der Waals surface area contributed by atoms with Gasteiger partial charge < -0.3 is 24.2 Å². The van der Waals surface area contributed by atoms with Crippen LogP contribution >= 0.6 is 11.6 Å². The third kappa shape index (κ3) is 3.66. The lowest BCUT2D eigenvalue weighted by Crippen LogP contribution is -2.30. The van der Waals surface area contributed by atoms with Crippen LogP contribution in [-0.4, -0.2) is 48.6 Å². The van der Waals surface area contributed by atoms with E-state index in [0.717, 1.165) is 5.56 Å². The highest BCUT2D eigenvalue weighted by Crippen LogP contribution is 2.44. The zero-order chi connectivity index (χ0) is 23.0. The van der Waals surface area contributed by atoms with Gasteiger partial charge in [-0.05, 0) is 48.7 Å². The molecule has 1 atom stereocenters. The number of hydrogen-bond acceptors (Lipinski definition) is 6. The predicted octanol–water partition coefficient (Wildman–Crippen LogP) is 4.26. The molecule has 7 nitrogen and oxygen atoms in total. The number of aryl methyl sites for hydroxylation is 1. The number of rotatable bonds is 5. The maximum absolute atomic E-state index is 13.1. The number of Topliss-reactive ketones (excluding diaryl/α,β-unsaturated/α-hetero) is 1. The van der Waals surface area contributed by atoms with Gasteiger partial charge in [0.1, 0.15) is 24.7 Å². The van der Waals surface area contributed by atoms with Crippen LogP contribution in [-0.2, 0) is 9.59 Å². The van der Waals surface area contributed by atoms with Crippen LogP contribution in [0.4, 0.5) is 0 Å². The molecule has 0 aliphatic carbocycles. The van der Waals surface area contributed by atoms with Crippen LogP contribution in [0.1, 0.15) is 36.1 Å². The van der Waals surface area contributed by atoms with Crippen molar-refractivity contribution in [2.45, 2.75) is 26.3 Å². The zero-order valence-corrected chi connectivity index (χ0v) is 18.9. The van der Waals surface area contributed by atoms with E-state index in [1.54, 1.807) is 30.3 Å². The van der Waals surface area contributed by atoms with E-state index in [-0.39, 0.29) is 22.6 Å². The summed E-state index contributed by atoms with van der Waals surface area (Å²) in [5, 5.41) is 11.6. The van der Waals surface area contributed by atoms with Crippen LogP contribution < -0.4 is 14.2 Å². The number of amides is 1. The summed E-state index contributed by atoms with van der Waals surface area (Å²) >= 11 is 6.31. The molecule has 168 valence electrons. The number of hydrogen-bond donors (Lipinski definition) is 1. The third-order valence-electron chi connectivity index (χ3n) is 5.53. The predicted molar refractivity (Wildman–Crippen MR) is 119 cm³/mol. The van der Waals surface area contributed by atoms with Crippen molar-refractivity contribution in [1.82, 2.24) is 4.90 Å². The second-order valence-corrected chi connectivity index (χ2v) is 8.13. The molecule has 1 N–H and O–H groups in total. The molecule has 2 aliphatic rings. The molecule has 1 fully saturated rings. The number of halogens is 1. The number of carbonyl (C=O) groups excluding carboxylic acids is 2. The summed E-state index contributed by atoms with van der Waals surface area (Å²) in [6, 6.07) is 7.87. The van der Waals surface area contributed by atoms with Crippen LogP contribution in [0.5, 0.6) is 17.2 Å². The number of aliphatic hydroxyl groups is 1. The molecule has 8 heteroatoms. The lowest BCUT2D eigenvalue weighted by Gasteiger charge is -2.26. The molecule has 0 spiro atoms. The van der Waals surface area contributed by atoms with E-state index in [4.69, 9.17) is 25.8 Å². The van der Waals surface area contributed by atoms with Crippen molar-refractivity contribution in [2.75, 3.05) is 26.9 Å². The summed E-state index contributed by atoms with van der Waals surface area (Å²) in [6.07, 6.45) is 0.647. The molecule has 2 aromatic carbocycles. The Labute approximate surface area is 191 Å². The molecule has 1 saturated heterocycles. The smallest absolute Gasteiger partial charge is 0.295 e. The number of benzene rings is 2. The lowest BCUT2D eigenvalue weighted by molar-refractivity contribution is -0.139. The molecule has 2 aliphatic heterocycles. The Morgan fingerprint density at radius 2 is 1.91 bits per heavy atom. The summed E-state index contributed by atoms with van der Waals surface area (Å²) in [6.45, 7) is 4.95. The van der Waals surface area contributed by atoms with Crippen LogP contribution in [0.2, 0.25) is 5.02 Å². The van der Waals surface area contributed by atoms with Crippen molar-refractivity contribution in [2.24, 2.45) is 0 Å². The second-order valence-electron chi connectivity index (χ2n) is 7.72. The van der Waals surface area contributed by atoms with Gasteiger partial charge in [0.25, 0.3) is 11.7 Å². The Kier molecular flexibility index (Phi) is 6.02. The van der Waals surface area contributed by atoms with E-state index in [1.165, 1.54) is 12.0 Å². The van der Waals surface area contributed by atoms with Gasteiger partial charge in [-0.15, -0.1) is 0 Å². The van der Waals surface area contributed by atoms with E-state index in [0.29, 0.717) is 48.3 Å². The first-order chi connectivity index (χ1) is 15.4. The summed E-state index contributed by atoms with van der Waals surface area (Å²) in [5.74, 6) is -0.380. The fraction of sp³-hybridized carbons (Fsp3) is 0.333. The average Bonchev–Trinajstić information content (AvgIpc) is 3.03. The first-order valence-corrected chi connectivity index (χ1v) is 10.8. The first-order valence-electron chi connectivity index (χ1n) is 10.4. The van der Waals surface area contributed by atoms with Gasteiger partial charge in [0.15, 0.2) is 11.5 Å². The van der Waals surface area contributed by atoms with E-state index < -0.39 is 17.7 Å². The van der Waals surface area contributed by atoms with E-state index in [9.17, 15) is 14.7 Å². The molecule has 0 saturated carbocycles. The van der Waals surface area contributed by atoms with Crippen LogP contribution in [0.3, 0.4) is 0 Å². The molecule has 0 aromatic heterocycles. The molecule has 32 heavy (non-hydrogen) atoms. The fourth-order valence-corrected chi connectivity index (χ4v) is 4.54. The normalized spacial score (nSPS) is 19.4. The summed E-state index contributed by atoms with van der Waals surface area (Å²) in [7, 11) is 1.43. The molecule has 1 amide bonds. The Hall–Kier alpha value is -3.19. The van der Waals surface area contributed by atoms with Gasteiger partial charge >= 0.3 is 0 Å². The van der Waals surface area contributed by atoms with Gasteiger partial charge in [0.2, 0.25) is 0 Å². The Balaban J connectivity index is 1.93. The number of ether oxygens (including phenoxy) is 3. The quantitative estimate of drug-likeness (QED) is 0.410. The van der Waals surface area contributed by atoms with Gasteiger partial charge in [0, 0.05) is 6.54 Å². The van der Waals surface area contributed by atoms with Crippen molar-refractivity contribution in [3.05, 3.63) is 57.6 Å². The molecule has 1 unspecified atom stereocenters. The van der Waals surface area contributed by atoms with E-state index in [2.05, 4.69) is 0 Å². The summed E-state index contributed by atoms with van der Waals surface area (Å²) in [4.78, 5) is 27.5. The van der Waals surface area contributed by atoms with Crippen molar-refractivity contribution >= 4 is 29.1 Å². The topological polar surface area (TPSA) is 85.3 Å². The SMILES string of the molecule is CCCN1C(=O)C(=O)/C(=C(/O)c2cc(C)cc(Cl)c2OC)C1c1ccc2c(c1)OCCO2. The maximum atomic E-state index is 13.1. The zero-order valence-electron chi connectivity index (χ0n) is 18.1. The largest absolute Gasteiger partial charge is 0.507 e. The van der Waals surface area contributed by atoms with Gasteiger partial charge in [-0.2, -0.15) is 0 Å². The molecule has 0 bridgehead atoms. The number of ketones is 1. The Bertz CT molecular complexity index is 1130. The van der Waals surface area contributed by atoms with Crippen LogP contribution in [0.25, 0.3) is 5.76 Å². The van der Waals surface area contributed by atoms with Crippen molar-refractivity contribution in [3.63, 3.8) is 0 Å². The van der Waals surface area contributed by atoms with Gasteiger partial charge in [0.05, 0.1) is 29.3 Å². The number of aliphatic hydroxyl groups excluding tert-OH is 1. The fourth-order valence-electron chi connectivity index (χ4n) is 4.19. The summed E-state index contributed by atoms with van der Waals surface area (Å²) in [5.41, 5.74) is 1.66. The number of fused-ring (bicyclic) bond motifs is 1. The molecule has 0 radical (unpaired) electrons. The lowest BCUT2D eigenvalue weighted by atomic mass is 9.94.